The van der Waals surface area contributed by atoms with Gasteiger partial charge in [0.05, 0.1) is 23.2 Å². The lowest BCUT2D eigenvalue weighted by atomic mass is 9.77. The fourth-order valence-electron chi connectivity index (χ4n) is 4.61. The molecule has 2 aromatic heterocycles. The number of aromatic nitrogens is 2. The monoisotopic (exact) mass is 485 g/mol. The third kappa shape index (κ3) is 5.04. The van der Waals surface area contributed by atoms with Crippen LogP contribution in [-0.2, 0) is 9.84 Å². The molecular weight excluding hydrogens is 454 g/mol. The van der Waals surface area contributed by atoms with Crippen LogP contribution in [0, 0.1) is 11.3 Å². The highest BCUT2D eigenvalue weighted by atomic mass is 32.2. The number of sulfone groups is 1. The quantitative estimate of drug-likeness (QED) is 0.566. The molecule has 1 N–H and O–H groups in total. The van der Waals surface area contributed by atoms with Gasteiger partial charge in [-0.25, -0.2) is 18.2 Å². The van der Waals surface area contributed by atoms with Crippen LogP contribution >= 0.6 is 0 Å². The lowest BCUT2D eigenvalue weighted by Gasteiger charge is -2.44. The molecular formula is C25H31N3O5S. The maximum absolute atomic E-state index is 11.8. The molecule has 0 bridgehead atoms. The van der Waals surface area contributed by atoms with Crippen LogP contribution in [0.1, 0.15) is 33.6 Å². The van der Waals surface area contributed by atoms with Gasteiger partial charge in [0, 0.05) is 30.4 Å². The standard InChI is InChI=1S/C25H31N3O5S/c1-25(2,3)22-13-17(9-11-28(22)24(29)30)16-33-19-5-8-23(26-15-19)27-12-10-18-14-20(34(4,31)32)6-7-21(18)27/h5-8,10,12,14-15,17,22H,9,11,13,16H2,1-4H3,(H,29,30). The van der Waals surface area contributed by atoms with Crippen LogP contribution in [0.2, 0.25) is 0 Å². The summed E-state index contributed by atoms with van der Waals surface area (Å²) in [6.07, 6.45) is 5.43. The minimum Gasteiger partial charge on any atom is -0.492 e. The van der Waals surface area contributed by atoms with E-state index in [2.05, 4.69) is 25.8 Å². The van der Waals surface area contributed by atoms with Crippen LogP contribution in [0.4, 0.5) is 4.79 Å². The Hall–Kier alpha value is -3.07. The van der Waals surface area contributed by atoms with Crippen molar-refractivity contribution in [1.29, 1.82) is 0 Å². The first kappa shape index (κ1) is 24.1. The molecule has 8 nitrogen and oxygen atoms in total. The smallest absolute Gasteiger partial charge is 0.407 e. The molecule has 182 valence electrons. The minimum atomic E-state index is -3.26. The molecule has 1 fully saturated rings. The van der Waals surface area contributed by atoms with E-state index in [1.807, 2.05) is 29.0 Å². The van der Waals surface area contributed by atoms with Gasteiger partial charge in [-0.1, -0.05) is 20.8 Å². The second-order valence-electron chi connectivity index (χ2n) is 10.1. The van der Waals surface area contributed by atoms with Gasteiger partial charge in [0.1, 0.15) is 11.6 Å². The number of carboxylic acid groups (broad SMARTS) is 1. The van der Waals surface area contributed by atoms with Crippen molar-refractivity contribution in [2.24, 2.45) is 11.3 Å². The number of fused-ring (bicyclic) bond motifs is 1. The maximum Gasteiger partial charge on any atom is 0.407 e. The zero-order valence-corrected chi connectivity index (χ0v) is 20.7. The zero-order valence-electron chi connectivity index (χ0n) is 19.9. The lowest BCUT2D eigenvalue weighted by Crippen LogP contribution is -2.52. The summed E-state index contributed by atoms with van der Waals surface area (Å²) in [6.45, 7) is 7.26. The van der Waals surface area contributed by atoms with Crippen LogP contribution in [0.15, 0.2) is 53.7 Å². The summed E-state index contributed by atoms with van der Waals surface area (Å²) in [6, 6.07) is 10.6. The normalized spacial score (nSPS) is 19.4. The molecule has 34 heavy (non-hydrogen) atoms. The molecule has 2 atom stereocenters. The zero-order chi connectivity index (χ0) is 24.7. The number of ether oxygens (including phenoxy) is 1. The van der Waals surface area contributed by atoms with E-state index < -0.39 is 15.9 Å². The molecule has 1 aliphatic rings. The van der Waals surface area contributed by atoms with Gasteiger partial charge >= 0.3 is 6.09 Å². The van der Waals surface area contributed by atoms with Crippen molar-refractivity contribution >= 4 is 26.8 Å². The summed E-state index contributed by atoms with van der Waals surface area (Å²) in [7, 11) is -3.26. The largest absolute Gasteiger partial charge is 0.492 e. The number of carbonyl (C=O) groups is 1. The van der Waals surface area contributed by atoms with Crippen molar-refractivity contribution in [2.75, 3.05) is 19.4 Å². The first-order chi connectivity index (χ1) is 15.9. The molecule has 1 saturated heterocycles. The Balaban J connectivity index is 1.43. The number of amides is 1. The van der Waals surface area contributed by atoms with E-state index in [4.69, 9.17) is 4.74 Å². The number of piperidine rings is 1. The first-order valence-corrected chi connectivity index (χ1v) is 13.2. The van der Waals surface area contributed by atoms with Gasteiger partial charge in [-0.15, -0.1) is 0 Å². The van der Waals surface area contributed by atoms with E-state index in [-0.39, 0.29) is 22.3 Å². The predicted octanol–water partition coefficient (Wildman–Crippen LogP) is 4.61. The topological polar surface area (TPSA) is 102 Å². The Morgan fingerprint density at radius 2 is 1.97 bits per heavy atom. The van der Waals surface area contributed by atoms with E-state index in [0.717, 1.165) is 23.7 Å². The Morgan fingerprint density at radius 3 is 2.59 bits per heavy atom. The molecule has 3 aromatic rings. The van der Waals surface area contributed by atoms with Gasteiger partial charge < -0.3 is 19.3 Å². The summed E-state index contributed by atoms with van der Waals surface area (Å²) in [5.74, 6) is 1.64. The molecule has 1 aliphatic heterocycles. The van der Waals surface area contributed by atoms with E-state index >= 15 is 0 Å². The molecule has 0 aliphatic carbocycles. The number of benzene rings is 1. The van der Waals surface area contributed by atoms with Gasteiger partial charge in [-0.05, 0) is 60.6 Å². The number of rotatable bonds is 5. The second kappa shape index (κ2) is 8.94. The van der Waals surface area contributed by atoms with E-state index in [1.54, 1.807) is 29.3 Å². The highest BCUT2D eigenvalue weighted by molar-refractivity contribution is 7.90. The second-order valence-corrected chi connectivity index (χ2v) is 12.1. The Labute approximate surface area is 200 Å². The van der Waals surface area contributed by atoms with Crippen LogP contribution in [0.25, 0.3) is 16.7 Å². The molecule has 1 aromatic carbocycles. The Bertz CT molecular complexity index is 1290. The highest BCUT2D eigenvalue weighted by Gasteiger charge is 2.38. The number of likely N-dealkylation sites (tertiary alicyclic amines) is 1. The Morgan fingerprint density at radius 1 is 1.21 bits per heavy atom. The third-order valence-electron chi connectivity index (χ3n) is 6.50. The van der Waals surface area contributed by atoms with Crippen molar-refractivity contribution in [1.82, 2.24) is 14.5 Å². The van der Waals surface area contributed by atoms with Gasteiger partial charge in [0.15, 0.2) is 9.84 Å². The number of hydrogen-bond acceptors (Lipinski definition) is 5. The summed E-state index contributed by atoms with van der Waals surface area (Å²) in [5, 5.41) is 10.4. The van der Waals surface area contributed by atoms with Crippen molar-refractivity contribution in [2.45, 2.75) is 44.6 Å². The number of hydrogen-bond donors (Lipinski definition) is 1. The molecule has 4 rings (SSSR count). The van der Waals surface area contributed by atoms with Crippen molar-refractivity contribution in [3.05, 3.63) is 48.8 Å². The molecule has 0 radical (unpaired) electrons. The SMILES string of the molecule is CC(C)(C)C1CC(COc2ccc(-n3ccc4cc(S(C)(=O)=O)ccc43)nc2)CCN1C(=O)O. The molecule has 2 unspecified atom stereocenters. The van der Waals surface area contributed by atoms with Gasteiger partial charge in [0.25, 0.3) is 0 Å². The summed E-state index contributed by atoms with van der Waals surface area (Å²) in [5.41, 5.74) is 0.731. The van der Waals surface area contributed by atoms with Crippen LogP contribution in [-0.4, -0.2) is 59.5 Å². The fourth-order valence-corrected chi connectivity index (χ4v) is 5.26. The summed E-state index contributed by atoms with van der Waals surface area (Å²) >= 11 is 0. The molecule has 0 saturated carbocycles. The number of nitrogens with zero attached hydrogens (tertiary/aromatic N) is 3. The van der Waals surface area contributed by atoms with Crippen molar-refractivity contribution in [3.8, 4) is 11.6 Å². The first-order valence-electron chi connectivity index (χ1n) is 11.3. The van der Waals surface area contributed by atoms with Gasteiger partial charge in [-0.2, -0.15) is 0 Å². The minimum absolute atomic E-state index is 0.0434. The van der Waals surface area contributed by atoms with E-state index in [9.17, 15) is 18.3 Å². The molecule has 0 spiro atoms. The van der Waals surface area contributed by atoms with E-state index in [0.29, 0.717) is 24.7 Å². The van der Waals surface area contributed by atoms with E-state index in [1.165, 1.54) is 6.26 Å². The van der Waals surface area contributed by atoms with Crippen LogP contribution in [0.5, 0.6) is 5.75 Å². The summed E-state index contributed by atoms with van der Waals surface area (Å²) in [4.78, 5) is 18.0. The van der Waals surface area contributed by atoms with Gasteiger partial charge in [-0.3, -0.25) is 0 Å². The molecule has 3 heterocycles. The predicted molar refractivity (Wildman–Crippen MR) is 130 cm³/mol. The van der Waals surface area contributed by atoms with Crippen LogP contribution < -0.4 is 4.74 Å². The Kier molecular flexibility index (Phi) is 6.33. The average molecular weight is 486 g/mol. The number of pyridine rings is 1. The van der Waals surface area contributed by atoms with Crippen molar-refractivity contribution < 1.29 is 23.1 Å². The molecule has 1 amide bonds. The lowest BCUT2D eigenvalue weighted by molar-refractivity contribution is 0.0302. The third-order valence-corrected chi connectivity index (χ3v) is 7.61. The maximum atomic E-state index is 11.8. The van der Waals surface area contributed by atoms with Gasteiger partial charge in [0.2, 0.25) is 0 Å². The summed E-state index contributed by atoms with van der Waals surface area (Å²) < 4.78 is 31.6. The average Bonchev–Trinajstić information content (AvgIpc) is 3.20. The highest BCUT2D eigenvalue weighted by Crippen LogP contribution is 2.35. The van der Waals surface area contributed by atoms with Crippen LogP contribution in [0.3, 0.4) is 0 Å². The fraction of sp³-hybridized carbons (Fsp3) is 0.440. The van der Waals surface area contributed by atoms with Crippen molar-refractivity contribution in [3.63, 3.8) is 0 Å². The molecule has 9 heteroatoms.